The van der Waals surface area contributed by atoms with Gasteiger partial charge in [0.1, 0.15) is 0 Å². The molecule has 0 atom stereocenters. The second kappa shape index (κ2) is 4.28. The first kappa shape index (κ1) is 11.8. The van der Waals surface area contributed by atoms with Crippen LogP contribution in [0.5, 0.6) is 0 Å². The fraction of sp³-hybridized carbons (Fsp3) is 0.417. The van der Waals surface area contributed by atoms with Gasteiger partial charge in [-0.25, -0.2) is 0 Å². The number of amides is 1. The predicted octanol–water partition coefficient (Wildman–Crippen LogP) is 2.19. The van der Waals surface area contributed by atoms with Crippen LogP contribution in [0.3, 0.4) is 0 Å². The molecule has 16 heavy (non-hydrogen) atoms. The number of carbonyl (C=O) groups excluding carboxylic acids is 1. The number of ether oxygens (including phenoxy) is 1. The Bertz CT molecular complexity index is 412. The fourth-order valence-corrected chi connectivity index (χ4v) is 6.47. The van der Waals surface area contributed by atoms with Crippen molar-refractivity contribution in [2.45, 2.75) is 14.8 Å². The number of benzene rings is 1. The van der Waals surface area contributed by atoms with Gasteiger partial charge in [-0.15, -0.1) is 0 Å². The van der Waals surface area contributed by atoms with Gasteiger partial charge in [0.25, 0.3) is 0 Å². The summed E-state index contributed by atoms with van der Waals surface area (Å²) in [7, 11) is 0. The molecule has 1 heterocycles. The summed E-state index contributed by atoms with van der Waals surface area (Å²) in [4.78, 5) is 20.4. The maximum absolute atomic E-state index is 11.6. The van der Waals surface area contributed by atoms with Crippen molar-refractivity contribution in [2.24, 2.45) is 0 Å². The zero-order valence-corrected chi connectivity index (χ0v) is 12.8. The minimum atomic E-state index is -2.17. The summed E-state index contributed by atoms with van der Waals surface area (Å²) in [6, 6.07) is 8.24. The van der Waals surface area contributed by atoms with Crippen LogP contribution in [-0.2, 0) is 4.74 Å². The van der Waals surface area contributed by atoms with Gasteiger partial charge in [-0.05, 0) is 0 Å². The Balaban J connectivity index is 2.44. The molecule has 1 saturated heterocycles. The van der Waals surface area contributed by atoms with E-state index in [1.54, 1.807) is 4.90 Å². The summed E-state index contributed by atoms with van der Waals surface area (Å²) < 4.78 is 6.38. The number of carbonyl (C=O) groups is 1. The Hall–Kier alpha value is -0.711. The molecule has 86 valence electrons. The summed E-state index contributed by atoms with van der Waals surface area (Å²) in [6.45, 7) is 1.19. The molecule has 0 aromatic heterocycles. The number of nitrogens with zero attached hydrogens (tertiary/aromatic N) is 1. The Morgan fingerprint density at radius 2 is 1.94 bits per heavy atom. The van der Waals surface area contributed by atoms with Crippen LogP contribution >= 0.6 is 0 Å². The molecule has 0 aliphatic carbocycles. The van der Waals surface area contributed by atoms with Crippen molar-refractivity contribution < 1.29 is 9.53 Å². The van der Waals surface area contributed by atoms with Gasteiger partial charge in [0, 0.05) is 0 Å². The topological polar surface area (TPSA) is 29.5 Å². The van der Waals surface area contributed by atoms with Gasteiger partial charge in [0.05, 0.1) is 0 Å². The van der Waals surface area contributed by atoms with Gasteiger partial charge in [-0.2, -0.15) is 0 Å². The van der Waals surface area contributed by atoms with Crippen molar-refractivity contribution in [1.29, 1.82) is 0 Å². The fourth-order valence-electron chi connectivity index (χ4n) is 1.96. The van der Waals surface area contributed by atoms with Crippen molar-refractivity contribution in [3.05, 3.63) is 24.3 Å². The predicted molar refractivity (Wildman–Crippen MR) is 68.1 cm³/mol. The van der Waals surface area contributed by atoms with Gasteiger partial charge in [-0.1, -0.05) is 0 Å². The van der Waals surface area contributed by atoms with E-state index in [1.165, 1.54) is 3.58 Å². The molecule has 0 unspecified atom stereocenters. The zero-order chi connectivity index (χ0) is 11.8. The molecule has 4 heteroatoms. The second-order valence-corrected chi connectivity index (χ2v) is 19.4. The number of hydrogen-bond acceptors (Lipinski definition) is 2. The van der Waals surface area contributed by atoms with Gasteiger partial charge < -0.3 is 0 Å². The third-order valence-corrected chi connectivity index (χ3v) is 8.58. The van der Waals surface area contributed by atoms with Crippen molar-refractivity contribution >= 4 is 33.7 Å². The van der Waals surface area contributed by atoms with Gasteiger partial charge >= 0.3 is 100 Å². The van der Waals surface area contributed by atoms with E-state index in [1.807, 2.05) is 12.1 Å². The SMILES string of the molecule is [CH3][Sn]([CH3])([CH3])[c]1ccccc1N1CCOC1=O. The van der Waals surface area contributed by atoms with Crippen molar-refractivity contribution in [2.75, 3.05) is 18.1 Å². The molecule has 0 saturated carbocycles. The Kier molecular flexibility index (Phi) is 3.14. The summed E-state index contributed by atoms with van der Waals surface area (Å²) in [5, 5.41) is 0. The van der Waals surface area contributed by atoms with Crippen molar-refractivity contribution in [3.8, 4) is 0 Å². The summed E-state index contributed by atoms with van der Waals surface area (Å²) in [5.74, 6) is 0. The molecule has 2 rings (SSSR count). The standard InChI is InChI=1S/C9H8NO2.3CH3.Sn/c11-9-10(6-7-12-9)8-4-2-1-3-5-8;;;;/h1-4H,6-7H2;3*1H3;. The molecule has 0 N–H and O–H groups in total. The molecule has 1 aliphatic heterocycles. The van der Waals surface area contributed by atoms with Crippen LogP contribution < -0.4 is 8.48 Å². The quantitative estimate of drug-likeness (QED) is 0.780. The van der Waals surface area contributed by atoms with Crippen LogP contribution in [-0.4, -0.2) is 37.6 Å². The summed E-state index contributed by atoms with van der Waals surface area (Å²) in [6.07, 6.45) is -0.206. The second-order valence-electron chi connectivity index (χ2n) is 5.03. The summed E-state index contributed by atoms with van der Waals surface area (Å²) in [5.41, 5.74) is 1.06. The molecule has 0 spiro atoms. The van der Waals surface area contributed by atoms with Crippen LogP contribution in [0.2, 0.25) is 14.8 Å². The Morgan fingerprint density at radius 3 is 2.50 bits per heavy atom. The average Bonchev–Trinajstić information content (AvgIpc) is 2.63. The van der Waals surface area contributed by atoms with Gasteiger partial charge in [0.2, 0.25) is 0 Å². The van der Waals surface area contributed by atoms with Crippen molar-refractivity contribution in [1.82, 2.24) is 0 Å². The van der Waals surface area contributed by atoms with Crippen LogP contribution in [0, 0.1) is 0 Å². The first-order valence-corrected chi connectivity index (χ1v) is 15.5. The number of anilines is 1. The van der Waals surface area contributed by atoms with E-state index < -0.39 is 18.4 Å². The van der Waals surface area contributed by atoms with E-state index in [4.69, 9.17) is 4.74 Å². The molecule has 1 aliphatic rings. The van der Waals surface area contributed by atoms with E-state index >= 15 is 0 Å². The van der Waals surface area contributed by atoms with E-state index in [0.717, 1.165) is 5.69 Å². The molecule has 1 fully saturated rings. The monoisotopic (exact) mass is 327 g/mol. The Labute approximate surface area is 100 Å². The van der Waals surface area contributed by atoms with Crippen LogP contribution in [0.15, 0.2) is 24.3 Å². The van der Waals surface area contributed by atoms with Crippen molar-refractivity contribution in [3.63, 3.8) is 0 Å². The van der Waals surface area contributed by atoms with E-state index in [-0.39, 0.29) is 6.09 Å². The van der Waals surface area contributed by atoms with Crippen LogP contribution in [0.4, 0.5) is 10.5 Å². The number of rotatable bonds is 2. The molecular weight excluding hydrogens is 309 g/mol. The third-order valence-electron chi connectivity index (χ3n) is 2.76. The van der Waals surface area contributed by atoms with Crippen LogP contribution in [0.25, 0.3) is 0 Å². The zero-order valence-electron chi connectivity index (χ0n) is 9.99. The first-order chi connectivity index (χ1) is 7.50. The normalized spacial score (nSPS) is 16.4. The number of para-hydroxylation sites is 1. The molecule has 3 nitrogen and oxygen atoms in total. The van der Waals surface area contributed by atoms with Gasteiger partial charge in [0.15, 0.2) is 0 Å². The molecular formula is C12H17NO2Sn. The summed E-state index contributed by atoms with van der Waals surface area (Å²) >= 11 is -2.17. The van der Waals surface area contributed by atoms with E-state index in [0.29, 0.717) is 13.2 Å². The first-order valence-electron chi connectivity index (χ1n) is 5.54. The minimum absolute atomic E-state index is 0.206. The van der Waals surface area contributed by atoms with Gasteiger partial charge in [-0.3, -0.25) is 0 Å². The molecule has 1 amide bonds. The molecule has 0 bridgehead atoms. The number of cyclic esters (lactones) is 1. The molecule has 1 aromatic carbocycles. The number of hydrogen-bond donors (Lipinski definition) is 0. The van der Waals surface area contributed by atoms with E-state index in [2.05, 4.69) is 27.0 Å². The third kappa shape index (κ3) is 2.19. The molecule has 1 aromatic rings. The van der Waals surface area contributed by atoms with Crippen LogP contribution in [0.1, 0.15) is 0 Å². The Morgan fingerprint density at radius 1 is 1.25 bits per heavy atom. The molecule has 0 radical (unpaired) electrons. The average molecular weight is 326 g/mol. The maximum atomic E-state index is 11.6. The van der Waals surface area contributed by atoms with E-state index in [9.17, 15) is 4.79 Å².